The Morgan fingerprint density at radius 2 is 1.74 bits per heavy atom. The third-order valence-electron chi connectivity index (χ3n) is 3.01. The Labute approximate surface area is 143 Å². The molecule has 0 aromatic heterocycles. The highest BCUT2D eigenvalue weighted by atomic mass is 35.5. The topological polar surface area (TPSA) is 55.4 Å². The van der Waals surface area contributed by atoms with Crippen LogP contribution in [0.25, 0.3) is 0 Å². The van der Waals surface area contributed by atoms with Gasteiger partial charge in [0.25, 0.3) is 0 Å². The largest absolute Gasteiger partial charge is 0.458 e. The van der Waals surface area contributed by atoms with Gasteiger partial charge in [0, 0.05) is 5.02 Å². The van der Waals surface area contributed by atoms with Crippen molar-refractivity contribution in [3.05, 3.63) is 34.9 Å². The highest BCUT2D eigenvalue weighted by Gasteiger charge is 2.27. The van der Waals surface area contributed by atoms with Gasteiger partial charge in [-0.2, -0.15) is 0 Å². The van der Waals surface area contributed by atoms with Crippen molar-refractivity contribution in [1.29, 1.82) is 0 Å². The molecular weight excluding hydrogens is 314 g/mol. The summed E-state index contributed by atoms with van der Waals surface area (Å²) in [5.74, 6) is -0.331. The van der Waals surface area contributed by atoms with Crippen molar-refractivity contribution in [1.82, 2.24) is 5.32 Å². The van der Waals surface area contributed by atoms with Gasteiger partial charge in [0.15, 0.2) is 0 Å². The lowest BCUT2D eigenvalue weighted by Crippen LogP contribution is -2.45. The number of hydrogen-bond acceptors (Lipinski definition) is 3. The second-order valence-electron chi connectivity index (χ2n) is 7.09. The Balaban J connectivity index is 2.70. The van der Waals surface area contributed by atoms with Crippen LogP contribution in [0.2, 0.25) is 5.02 Å². The molecule has 0 aliphatic carbocycles. The van der Waals surface area contributed by atoms with E-state index >= 15 is 0 Å². The normalized spacial score (nSPS) is 12.8. The van der Waals surface area contributed by atoms with Gasteiger partial charge in [-0.1, -0.05) is 37.6 Å². The minimum absolute atomic E-state index is 0.203. The molecule has 0 saturated carbocycles. The molecule has 1 N–H and O–H groups in total. The van der Waals surface area contributed by atoms with Crippen LogP contribution in [0.4, 0.5) is 0 Å². The standard InChI is InChI=1S/C18H26ClNO3/c1-12(2)10-15(17(22)23-18(3,4)5)20-16(21)11-13-6-8-14(19)9-7-13/h6-9,12,15H,10-11H2,1-5H3,(H,20,21)/t15-/m0/s1. The SMILES string of the molecule is CC(C)C[C@H](NC(=O)Cc1ccc(Cl)cc1)C(=O)OC(C)(C)C. The fourth-order valence-electron chi connectivity index (χ4n) is 2.09. The van der Waals surface area contributed by atoms with Crippen molar-refractivity contribution < 1.29 is 14.3 Å². The van der Waals surface area contributed by atoms with Crippen molar-refractivity contribution in [2.45, 2.75) is 59.1 Å². The van der Waals surface area contributed by atoms with E-state index in [-0.39, 0.29) is 18.2 Å². The summed E-state index contributed by atoms with van der Waals surface area (Å²) in [6, 6.07) is 6.45. The molecule has 5 heteroatoms. The molecule has 1 amide bonds. The molecule has 1 aromatic carbocycles. The fourth-order valence-corrected chi connectivity index (χ4v) is 2.22. The second kappa shape index (κ2) is 8.34. The van der Waals surface area contributed by atoms with E-state index in [2.05, 4.69) is 5.32 Å². The van der Waals surface area contributed by atoms with E-state index in [1.165, 1.54) is 0 Å². The van der Waals surface area contributed by atoms with Crippen molar-refractivity contribution in [2.75, 3.05) is 0 Å². The smallest absolute Gasteiger partial charge is 0.329 e. The molecule has 0 saturated heterocycles. The summed E-state index contributed by atoms with van der Waals surface area (Å²) in [7, 11) is 0. The number of carbonyl (C=O) groups excluding carboxylic acids is 2. The summed E-state index contributed by atoms with van der Waals surface area (Å²) in [5, 5.41) is 3.41. The van der Waals surface area contributed by atoms with Crippen LogP contribution in [-0.4, -0.2) is 23.5 Å². The lowest BCUT2D eigenvalue weighted by molar-refractivity contribution is -0.159. The highest BCUT2D eigenvalue weighted by molar-refractivity contribution is 6.30. The summed E-state index contributed by atoms with van der Waals surface area (Å²) in [6.07, 6.45) is 0.746. The predicted octanol–water partition coefficient (Wildman–Crippen LogP) is 3.76. The van der Waals surface area contributed by atoms with E-state index in [0.29, 0.717) is 11.4 Å². The van der Waals surface area contributed by atoms with Crippen LogP contribution in [-0.2, 0) is 20.7 Å². The molecule has 1 rings (SSSR count). The minimum atomic E-state index is -0.631. The van der Waals surface area contributed by atoms with E-state index in [1.807, 2.05) is 34.6 Å². The third kappa shape index (κ3) is 8.03. The lowest BCUT2D eigenvalue weighted by atomic mass is 10.0. The summed E-state index contributed by atoms with van der Waals surface area (Å²) >= 11 is 5.83. The second-order valence-corrected chi connectivity index (χ2v) is 7.52. The number of amides is 1. The third-order valence-corrected chi connectivity index (χ3v) is 3.26. The molecule has 0 aliphatic rings. The highest BCUT2D eigenvalue weighted by Crippen LogP contribution is 2.14. The van der Waals surface area contributed by atoms with E-state index in [0.717, 1.165) is 5.56 Å². The molecule has 1 aromatic rings. The molecule has 128 valence electrons. The quantitative estimate of drug-likeness (QED) is 0.803. The molecule has 0 radical (unpaired) electrons. The Bertz CT molecular complexity index is 532. The van der Waals surface area contributed by atoms with Crippen LogP contribution < -0.4 is 5.32 Å². The number of rotatable bonds is 6. The number of esters is 1. The van der Waals surface area contributed by atoms with Crippen LogP contribution in [0.5, 0.6) is 0 Å². The van der Waals surface area contributed by atoms with Crippen LogP contribution in [0, 0.1) is 5.92 Å². The summed E-state index contributed by atoms with van der Waals surface area (Å²) in [6.45, 7) is 9.44. The van der Waals surface area contributed by atoms with E-state index in [9.17, 15) is 9.59 Å². The lowest BCUT2D eigenvalue weighted by Gasteiger charge is -2.25. The first-order valence-corrected chi connectivity index (χ1v) is 8.21. The molecule has 0 heterocycles. The van der Waals surface area contributed by atoms with Gasteiger partial charge in [-0.25, -0.2) is 4.79 Å². The Hall–Kier alpha value is -1.55. The van der Waals surface area contributed by atoms with Gasteiger partial charge < -0.3 is 10.1 Å². The fraction of sp³-hybridized carbons (Fsp3) is 0.556. The van der Waals surface area contributed by atoms with Gasteiger partial charge in [0.2, 0.25) is 5.91 Å². The predicted molar refractivity (Wildman–Crippen MR) is 92.4 cm³/mol. The van der Waals surface area contributed by atoms with E-state index in [4.69, 9.17) is 16.3 Å². The number of halogens is 1. The molecular formula is C18H26ClNO3. The number of benzene rings is 1. The van der Waals surface area contributed by atoms with Crippen LogP contribution in [0.3, 0.4) is 0 Å². The molecule has 1 atom stereocenters. The summed E-state index contributed by atoms with van der Waals surface area (Å²) in [5.41, 5.74) is 0.270. The van der Waals surface area contributed by atoms with Crippen molar-refractivity contribution in [3.63, 3.8) is 0 Å². The van der Waals surface area contributed by atoms with Gasteiger partial charge in [-0.3, -0.25) is 4.79 Å². The van der Waals surface area contributed by atoms with Crippen LogP contribution >= 0.6 is 11.6 Å². The van der Waals surface area contributed by atoms with Crippen molar-refractivity contribution in [3.8, 4) is 0 Å². The Kier molecular flexibility index (Phi) is 7.07. The van der Waals surface area contributed by atoms with Gasteiger partial charge >= 0.3 is 5.97 Å². The summed E-state index contributed by atoms with van der Waals surface area (Å²) < 4.78 is 5.40. The zero-order chi connectivity index (χ0) is 17.6. The van der Waals surface area contributed by atoms with E-state index < -0.39 is 17.6 Å². The van der Waals surface area contributed by atoms with Crippen LogP contribution in [0.1, 0.15) is 46.6 Å². The number of hydrogen-bond donors (Lipinski definition) is 1. The first-order chi connectivity index (χ1) is 10.6. The van der Waals surface area contributed by atoms with E-state index in [1.54, 1.807) is 24.3 Å². The van der Waals surface area contributed by atoms with Gasteiger partial charge in [-0.15, -0.1) is 0 Å². The monoisotopic (exact) mass is 339 g/mol. The number of nitrogens with one attached hydrogen (secondary N) is 1. The number of carbonyl (C=O) groups is 2. The first kappa shape index (κ1) is 19.5. The van der Waals surface area contributed by atoms with Crippen molar-refractivity contribution >= 4 is 23.5 Å². The molecule has 0 aliphatic heterocycles. The zero-order valence-corrected chi connectivity index (χ0v) is 15.2. The number of ether oxygens (including phenoxy) is 1. The molecule has 0 spiro atoms. The maximum atomic E-state index is 12.3. The van der Waals surface area contributed by atoms with Crippen LogP contribution in [0.15, 0.2) is 24.3 Å². The zero-order valence-electron chi connectivity index (χ0n) is 14.5. The average Bonchev–Trinajstić information content (AvgIpc) is 2.38. The average molecular weight is 340 g/mol. The molecule has 23 heavy (non-hydrogen) atoms. The Morgan fingerprint density at radius 3 is 2.22 bits per heavy atom. The van der Waals surface area contributed by atoms with Gasteiger partial charge in [-0.05, 0) is 50.8 Å². The summed E-state index contributed by atoms with van der Waals surface area (Å²) in [4.78, 5) is 24.5. The molecule has 4 nitrogen and oxygen atoms in total. The molecule has 0 fully saturated rings. The van der Waals surface area contributed by atoms with Gasteiger partial charge in [0.05, 0.1) is 6.42 Å². The van der Waals surface area contributed by atoms with Gasteiger partial charge in [0.1, 0.15) is 11.6 Å². The Morgan fingerprint density at radius 1 is 1.17 bits per heavy atom. The van der Waals surface area contributed by atoms with Crippen molar-refractivity contribution in [2.24, 2.45) is 5.92 Å². The first-order valence-electron chi connectivity index (χ1n) is 7.83. The minimum Gasteiger partial charge on any atom is -0.458 e. The molecule has 0 unspecified atom stereocenters. The maximum Gasteiger partial charge on any atom is 0.329 e. The maximum absolute atomic E-state index is 12.3. The molecule has 0 bridgehead atoms.